The van der Waals surface area contributed by atoms with Crippen molar-refractivity contribution in [3.8, 4) is 0 Å². The lowest BCUT2D eigenvalue weighted by molar-refractivity contribution is 0.0692. The lowest BCUT2D eigenvalue weighted by Gasteiger charge is -2.18. The molecule has 2 aromatic heterocycles. The Morgan fingerprint density at radius 3 is 2.95 bits per heavy atom. The summed E-state index contributed by atoms with van der Waals surface area (Å²) < 4.78 is 15.0. The number of thiophene rings is 1. The number of rotatable bonds is 4. The third-order valence-corrected chi connectivity index (χ3v) is 4.16. The molecule has 0 fully saturated rings. The van der Waals surface area contributed by atoms with Gasteiger partial charge in [-0.1, -0.05) is 0 Å². The molecule has 0 saturated carbocycles. The maximum absolute atomic E-state index is 14.0. The second kappa shape index (κ2) is 5.66. The summed E-state index contributed by atoms with van der Waals surface area (Å²) in [4.78, 5) is 17.4. The fourth-order valence-electron chi connectivity index (χ4n) is 1.61. The van der Waals surface area contributed by atoms with Crippen LogP contribution in [-0.4, -0.2) is 23.1 Å². The van der Waals surface area contributed by atoms with Gasteiger partial charge >= 0.3 is 5.97 Å². The summed E-state index contributed by atoms with van der Waals surface area (Å²) in [6.07, 6.45) is 1.29. The molecular formula is C12H10BrFN2O2S. The molecule has 0 atom stereocenters. The number of hydrogen-bond donors (Lipinski definition) is 1. The second-order valence-corrected chi connectivity index (χ2v) is 5.80. The number of carboxylic acids is 1. The number of anilines is 1. The minimum atomic E-state index is -1.30. The van der Waals surface area contributed by atoms with Gasteiger partial charge in [-0.3, -0.25) is 0 Å². The van der Waals surface area contributed by atoms with E-state index in [1.807, 2.05) is 11.4 Å². The van der Waals surface area contributed by atoms with Gasteiger partial charge in [0.15, 0.2) is 11.6 Å². The van der Waals surface area contributed by atoms with Crippen molar-refractivity contribution in [3.63, 3.8) is 0 Å². The number of halogens is 2. The van der Waals surface area contributed by atoms with Gasteiger partial charge in [-0.25, -0.2) is 14.2 Å². The predicted octanol–water partition coefficient (Wildman–Crippen LogP) is 3.38. The molecule has 0 amide bonds. The minimum absolute atomic E-state index is 0.0319. The first-order chi connectivity index (χ1) is 8.99. The molecule has 0 aliphatic heterocycles. The Balaban J connectivity index is 2.26. The molecule has 0 spiro atoms. The van der Waals surface area contributed by atoms with E-state index in [-0.39, 0.29) is 11.4 Å². The van der Waals surface area contributed by atoms with Crippen molar-refractivity contribution < 1.29 is 14.3 Å². The first-order valence-electron chi connectivity index (χ1n) is 5.31. The van der Waals surface area contributed by atoms with E-state index in [9.17, 15) is 9.18 Å². The molecule has 7 heteroatoms. The van der Waals surface area contributed by atoms with Crippen molar-refractivity contribution in [1.82, 2.24) is 4.98 Å². The summed E-state index contributed by atoms with van der Waals surface area (Å²) in [5, 5.41) is 10.8. The number of carbonyl (C=O) groups is 1. The number of carboxylic acid groups (broad SMARTS) is 1. The van der Waals surface area contributed by atoms with Crippen molar-refractivity contribution in [3.05, 3.63) is 44.4 Å². The highest BCUT2D eigenvalue weighted by molar-refractivity contribution is 9.10. The summed E-state index contributed by atoms with van der Waals surface area (Å²) in [6, 6.07) is 3.08. The van der Waals surface area contributed by atoms with Crippen molar-refractivity contribution in [1.29, 1.82) is 0 Å². The fraction of sp³-hybridized carbons (Fsp3) is 0.167. The minimum Gasteiger partial charge on any atom is -0.478 e. The fourth-order valence-corrected chi connectivity index (χ4v) is 3.11. The van der Waals surface area contributed by atoms with Gasteiger partial charge in [-0.05, 0) is 28.1 Å². The van der Waals surface area contributed by atoms with Crippen LogP contribution >= 0.6 is 27.3 Å². The Labute approximate surface area is 121 Å². The lowest BCUT2D eigenvalue weighted by atomic mass is 10.2. The summed E-state index contributed by atoms with van der Waals surface area (Å²) in [7, 11) is 1.67. The van der Waals surface area contributed by atoms with Crippen LogP contribution in [0.25, 0.3) is 0 Å². The van der Waals surface area contributed by atoms with Crippen LogP contribution < -0.4 is 4.90 Å². The van der Waals surface area contributed by atoms with E-state index < -0.39 is 11.8 Å². The monoisotopic (exact) mass is 344 g/mol. The van der Waals surface area contributed by atoms with Crippen LogP contribution in [-0.2, 0) is 6.54 Å². The van der Waals surface area contributed by atoms with Crippen molar-refractivity contribution in [2.45, 2.75) is 6.54 Å². The number of nitrogens with zero attached hydrogens (tertiary/aromatic N) is 2. The van der Waals surface area contributed by atoms with Crippen molar-refractivity contribution >= 4 is 39.1 Å². The van der Waals surface area contributed by atoms with Gasteiger partial charge in [-0.2, -0.15) is 0 Å². The molecule has 1 N–H and O–H groups in total. The van der Waals surface area contributed by atoms with E-state index in [1.54, 1.807) is 11.9 Å². The van der Waals surface area contributed by atoms with Crippen LogP contribution in [0.5, 0.6) is 0 Å². The first-order valence-corrected chi connectivity index (χ1v) is 6.98. The van der Waals surface area contributed by atoms with Gasteiger partial charge in [0.1, 0.15) is 5.56 Å². The first kappa shape index (κ1) is 14.0. The lowest BCUT2D eigenvalue weighted by Crippen LogP contribution is -2.19. The standard InChI is InChI=1S/C12H10BrFN2O2S/c1-16(5-8-4-7(13)6-19-8)11-10(14)9(12(17)18)2-3-15-11/h2-4,6H,5H2,1H3,(H,17,18). The Hall–Kier alpha value is -1.47. The molecule has 100 valence electrons. The van der Waals surface area contributed by atoms with Gasteiger partial charge in [-0.15, -0.1) is 11.3 Å². The third-order valence-electron chi connectivity index (χ3n) is 2.48. The van der Waals surface area contributed by atoms with Gasteiger partial charge < -0.3 is 10.0 Å². The SMILES string of the molecule is CN(Cc1cc(Br)cs1)c1nccc(C(=O)O)c1F. The quantitative estimate of drug-likeness (QED) is 0.923. The molecule has 0 bridgehead atoms. The Morgan fingerprint density at radius 2 is 2.37 bits per heavy atom. The van der Waals surface area contributed by atoms with Gasteiger partial charge in [0.2, 0.25) is 0 Å². The molecule has 0 unspecified atom stereocenters. The van der Waals surface area contributed by atoms with E-state index in [0.717, 1.165) is 15.4 Å². The van der Waals surface area contributed by atoms with Crippen LogP contribution in [0, 0.1) is 5.82 Å². The maximum Gasteiger partial charge on any atom is 0.338 e. The van der Waals surface area contributed by atoms with E-state index in [0.29, 0.717) is 6.54 Å². The summed E-state index contributed by atoms with van der Waals surface area (Å²) in [5.74, 6) is -2.08. The number of aromatic nitrogens is 1. The molecular weight excluding hydrogens is 335 g/mol. The second-order valence-electron chi connectivity index (χ2n) is 3.89. The zero-order valence-corrected chi connectivity index (χ0v) is 12.3. The summed E-state index contributed by atoms with van der Waals surface area (Å²) in [5.41, 5.74) is -0.371. The smallest absolute Gasteiger partial charge is 0.338 e. The molecule has 0 aliphatic rings. The van der Waals surface area contributed by atoms with E-state index in [4.69, 9.17) is 5.11 Å². The molecule has 0 saturated heterocycles. The molecule has 0 radical (unpaired) electrons. The number of pyridine rings is 1. The molecule has 19 heavy (non-hydrogen) atoms. The number of hydrogen-bond acceptors (Lipinski definition) is 4. The highest BCUT2D eigenvalue weighted by atomic mass is 79.9. The average molecular weight is 345 g/mol. The van der Waals surface area contributed by atoms with Crippen LogP contribution in [0.15, 0.2) is 28.2 Å². The van der Waals surface area contributed by atoms with Gasteiger partial charge in [0.25, 0.3) is 0 Å². The highest BCUT2D eigenvalue weighted by Crippen LogP contribution is 2.24. The molecule has 4 nitrogen and oxygen atoms in total. The van der Waals surface area contributed by atoms with E-state index in [1.165, 1.54) is 17.5 Å². The topological polar surface area (TPSA) is 53.4 Å². The number of aromatic carboxylic acids is 1. The van der Waals surface area contributed by atoms with Crippen LogP contribution in [0.3, 0.4) is 0 Å². The Bertz CT molecular complexity index is 618. The Kier molecular flexibility index (Phi) is 4.16. The maximum atomic E-state index is 14.0. The average Bonchev–Trinajstić information content (AvgIpc) is 2.74. The predicted molar refractivity (Wildman–Crippen MR) is 75.3 cm³/mol. The molecule has 0 aliphatic carbocycles. The van der Waals surface area contributed by atoms with Crippen molar-refractivity contribution in [2.75, 3.05) is 11.9 Å². The van der Waals surface area contributed by atoms with Crippen LogP contribution in [0.4, 0.5) is 10.2 Å². The van der Waals surface area contributed by atoms with Gasteiger partial charge in [0, 0.05) is 28.0 Å². The van der Waals surface area contributed by atoms with Crippen LogP contribution in [0.1, 0.15) is 15.2 Å². The van der Waals surface area contributed by atoms with E-state index >= 15 is 0 Å². The van der Waals surface area contributed by atoms with Gasteiger partial charge in [0.05, 0.1) is 6.54 Å². The van der Waals surface area contributed by atoms with Crippen molar-refractivity contribution in [2.24, 2.45) is 0 Å². The molecule has 2 heterocycles. The molecule has 2 aromatic rings. The van der Waals surface area contributed by atoms with Crippen LogP contribution in [0.2, 0.25) is 0 Å². The summed E-state index contributed by atoms with van der Waals surface area (Å²) >= 11 is 4.88. The third kappa shape index (κ3) is 3.10. The zero-order chi connectivity index (χ0) is 14.0. The largest absolute Gasteiger partial charge is 0.478 e. The molecule has 0 aromatic carbocycles. The Morgan fingerprint density at radius 1 is 1.63 bits per heavy atom. The summed E-state index contributed by atoms with van der Waals surface area (Å²) in [6.45, 7) is 0.462. The zero-order valence-electron chi connectivity index (χ0n) is 9.93. The normalized spacial score (nSPS) is 10.5. The van der Waals surface area contributed by atoms with E-state index in [2.05, 4.69) is 20.9 Å². The molecule has 2 rings (SSSR count). The highest BCUT2D eigenvalue weighted by Gasteiger charge is 2.18.